The molecular weight excluding hydrogens is 384 g/mol. The molecule has 2 aromatic carbocycles. The van der Waals surface area contributed by atoms with E-state index in [0.29, 0.717) is 0 Å². The van der Waals surface area contributed by atoms with Gasteiger partial charge in [0.1, 0.15) is 0 Å². The third kappa shape index (κ3) is 4.56. The smallest absolute Gasteiger partial charge is 0.151 e. The van der Waals surface area contributed by atoms with E-state index in [1.54, 1.807) is 22.7 Å². The fraction of sp³-hybridized carbons (Fsp3) is 0.263. The maximum atomic E-state index is 4.68. The summed E-state index contributed by atoms with van der Waals surface area (Å²) in [7, 11) is 0. The molecule has 0 aliphatic rings. The molecule has 25 heavy (non-hydrogen) atoms. The Labute approximate surface area is 164 Å². The second-order valence-electron chi connectivity index (χ2n) is 5.65. The lowest BCUT2D eigenvalue weighted by molar-refractivity contribution is 0.785. The average Bonchev–Trinajstić information content (AvgIpc) is 3.23. The number of hydrogen-bond acceptors (Lipinski definition) is 6. The second-order valence-corrected chi connectivity index (χ2v) is 10.4. The summed E-state index contributed by atoms with van der Waals surface area (Å²) < 4.78 is 4.98. The lowest BCUT2D eigenvalue weighted by Gasteiger charge is -1.99. The van der Waals surface area contributed by atoms with Gasteiger partial charge in [0.05, 0.1) is 20.4 Å². The molecule has 0 radical (unpaired) electrons. The van der Waals surface area contributed by atoms with Crippen LogP contribution in [0.25, 0.3) is 20.4 Å². The van der Waals surface area contributed by atoms with Gasteiger partial charge >= 0.3 is 0 Å². The van der Waals surface area contributed by atoms with E-state index in [4.69, 9.17) is 0 Å². The first-order valence-corrected chi connectivity index (χ1v) is 12.0. The van der Waals surface area contributed by atoms with Crippen molar-refractivity contribution in [3.63, 3.8) is 0 Å². The Balaban J connectivity index is 1.15. The molecule has 0 spiro atoms. The summed E-state index contributed by atoms with van der Waals surface area (Å²) in [6, 6.07) is 16.8. The molecule has 2 aromatic heterocycles. The molecule has 0 aliphatic carbocycles. The maximum Gasteiger partial charge on any atom is 0.151 e. The number of rotatable bonds is 8. The number of nitrogens with zero attached hydrogens (tertiary/aromatic N) is 2. The number of fused-ring (bicyclic) bond motifs is 2. The zero-order chi connectivity index (χ0) is 16.9. The first kappa shape index (κ1) is 17.3. The minimum absolute atomic E-state index is 1.13. The Hall–Kier alpha value is -1.08. The highest BCUT2D eigenvalue weighted by molar-refractivity contribution is 8.01. The van der Waals surface area contributed by atoms with Crippen molar-refractivity contribution in [2.45, 2.75) is 27.9 Å². The Morgan fingerprint density at radius 2 is 1.12 bits per heavy atom. The zero-order valence-electron chi connectivity index (χ0n) is 13.7. The molecule has 0 bridgehead atoms. The van der Waals surface area contributed by atoms with Gasteiger partial charge in [0.2, 0.25) is 0 Å². The molecule has 0 aliphatic heterocycles. The van der Waals surface area contributed by atoms with E-state index < -0.39 is 0 Å². The van der Waals surface area contributed by atoms with Gasteiger partial charge in [0, 0.05) is 11.5 Å². The number of hydrogen-bond donors (Lipinski definition) is 0. The SMILES string of the molecule is c1ccc2sc(SCCCCCSc3nc4ccccc4s3)nc2c1. The van der Waals surface area contributed by atoms with Crippen LogP contribution in [-0.4, -0.2) is 21.5 Å². The zero-order valence-corrected chi connectivity index (χ0v) is 16.9. The highest BCUT2D eigenvalue weighted by Crippen LogP contribution is 2.31. The van der Waals surface area contributed by atoms with Crippen molar-refractivity contribution in [3.8, 4) is 0 Å². The van der Waals surface area contributed by atoms with Gasteiger partial charge in [-0.05, 0) is 37.1 Å². The highest BCUT2D eigenvalue weighted by atomic mass is 32.2. The molecule has 4 rings (SSSR count). The summed E-state index contributed by atoms with van der Waals surface area (Å²) in [6.45, 7) is 0. The number of aromatic nitrogens is 2. The van der Waals surface area contributed by atoms with Gasteiger partial charge in [-0.15, -0.1) is 22.7 Å². The fourth-order valence-electron chi connectivity index (χ4n) is 2.53. The number of para-hydroxylation sites is 2. The maximum absolute atomic E-state index is 4.68. The van der Waals surface area contributed by atoms with E-state index >= 15 is 0 Å². The molecule has 0 N–H and O–H groups in total. The van der Waals surface area contributed by atoms with Crippen molar-refractivity contribution < 1.29 is 0 Å². The van der Waals surface area contributed by atoms with E-state index in [1.165, 1.54) is 37.3 Å². The monoisotopic (exact) mass is 402 g/mol. The van der Waals surface area contributed by atoms with Crippen molar-refractivity contribution in [1.82, 2.24) is 9.97 Å². The van der Waals surface area contributed by atoms with Gasteiger partial charge < -0.3 is 0 Å². The largest absolute Gasteiger partial charge is 0.230 e. The first-order valence-electron chi connectivity index (χ1n) is 8.35. The molecule has 0 amide bonds. The summed E-state index contributed by atoms with van der Waals surface area (Å²) >= 11 is 7.40. The minimum atomic E-state index is 1.13. The number of benzene rings is 2. The predicted octanol–water partition coefficient (Wildman–Crippen LogP) is 6.96. The summed E-state index contributed by atoms with van der Waals surface area (Å²) in [6.07, 6.45) is 3.78. The summed E-state index contributed by atoms with van der Waals surface area (Å²) in [5, 5.41) is 0. The predicted molar refractivity (Wildman–Crippen MR) is 115 cm³/mol. The topological polar surface area (TPSA) is 25.8 Å². The Kier molecular flexibility index (Phi) is 5.92. The number of thioether (sulfide) groups is 2. The Morgan fingerprint density at radius 3 is 1.60 bits per heavy atom. The normalized spacial score (nSPS) is 11.5. The van der Waals surface area contributed by atoms with E-state index in [-0.39, 0.29) is 0 Å². The molecular formula is C19H18N2S4. The van der Waals surface area contributed by atoms with Crippen LogP contribution in [0.2, 0.25) is 0 Å². The fourth-order valence-corrected chi connectivity index (χ4v) is 6.80. The van der Waals surface area contributed by atoms with Crippen molar-refractivity contribution in [2.24, 2.45) is 0 Å². The van der Waals surface area contributed by atoms with E-state index in [1.807, 2.05) is 23.5 Å². The van der Waals surface area contributed by atoms with E-state index in [2.05, 4.69) is 58.5 Å². The summed E-state index contributed by atoms with van der Waals surface area (Å²) in [4.78, 5) is 9.36. The standard InChI is InChI=1S/C19H18N2S4/c1(6-12-22-18-20-14-8-2-4-10-16(14)24-18)7-13-23-19-21-15-9-3-5-11-17(15)25-19/h2-5,8-11H,1,6-7,12-13H2. The van der Waals surface area contributed by atoms with Gasteiger partial charge in [-0.3, -0.25) is 0 Å². The van der Waals surface area contributed by atoms with Crippen LogP contribution < -0.4 is 0 Å². The lowest BCUT2D eigenvalue weighted by Crippen LogP contribution is -1.84. The molecule has 0 atom stereocenters. The van der Waals surface area contributed by atoms with Gasteiger partial charge in [0.25, 0.3) is 0 Å². The van der Waals surface area contributed by atoms with Crippen LogP contribution in [0, 0.1) is 0 Å². The Bertz CT molecular complexity index is 816. The van der Waals surface area contributed by atoms with Crippen LogP contribution in [-0.2, 0) is 0 Å². The Morgan fingerprint density at radius 1 is 0.640 bits per heavy atom. The van der Waals surface area contributed by atoms with Crippen LogP contribution in [0.15, 0.2) is 57.2 Å². The van der Waals surface area contributed by atoms with Crippen LogP contribution in [0.3, 0.4) is 0 Å². The van der Waals surface area contributed by atoms with Crippen molar-refractivity contribution >= 4 is 66.6 Å². The quantitative estimate of drug-likeness (QED) is 0.235. The third-order valence-electron chi connectivity index (χ3n) is 3.79. The third-order valence-corrected chi connectivity index (χ3v) is 8.32. The van der Waals surface area contributed by atoms with Crippen LogP contribution >= 0.6 is 46.2 Å². The van der Waals surface area contributed by atoms with Crippen molar-refractivity contribution in [1.29, 1.82) is 0 Å². The van der Waals surface area contributed by atoms with Gasteiger partial charge in [-0.25, -0.2) is 9.97 Å². The average molecular weight is 403 g/mol. The summed E-state index contributed by atoms with van der Waals surface area (Å²) in [5.74, 6) is 2.32. The van der Waals surface area contributed by atoms with Gasteiger partial charge in [-0.1, -0.05) is 54.2 Å². The molecule has 0 unspecified atom stereocenters. The molecule has 0 saturated heterocycles. The molecule has 6 heteroatoms. The van der Waals surface area contributed by atoms with Crippen LogP contribution in [0.4, 0.5) is 0 Å². The molecule has 0 saturated carbocycles. The highest BCUT2D eigenvalue weighted by Gasteiger charge is 2.05. The second kappa shape index (κ2) is 8.54. The molecule has 4 aromatic rings. The molecule has 2 nitrogen and oxygen atoms in total. The van der Waals surface area contributed by atoms with Crippen LogP contribution in [0.5, 0.6) is 0 Å². The van der Waals surface area contributed by atoms with Gasteiger partial charge in [-0.2, -0.15) is 0 Å². The van der Waals surface area contributed by atoms with Crippen LogP contribution in [0.1, 0.15) is 19.3 Å². The minimum Gasteiger partial charge on any atom is -0.230 e. The first-order chi connectivity index (χ1) is 12.4. The lowest BCUT2D eigenvalue weighted by atomic mass is 10.3. The summed E-state index contributed by atoms with van der Waals surface area (Å²) in [5.41, 5.74) is 2.25. The van der Waals surface area contributed by atoms with Crippen molar-refractivity contribution in [3.05, 3.63) is 48.5 Å². The number of thiazole rings is 2. The van der Waals surface area contributed by atoms with E-state index in [0.717, 1.165) is 22.5 Å². The molecule has 2 heterocycles. The molecule has 128 valence electrons. The van der Waals surface area contributed by atoms with Gasteiger partial charge in [0.15, 0.2) is 8.68 Å². The molecule has 0 fully saturated rings. The number of unbranched alkanes of at least 4 members (excludes halogenated alkanes) is 2. The van der Waals surface area contributed by atoms with E-state index in [9.17, 15) is 0 Å². The van der Waals surface area contributed by atoms with Crippen molar-refractivity contribution in [2.75, 3.05) is 11.5 Å².